The molecule has 0 spiro atoms. The summed E-state index contributed by atoms with van der Waals surface area (Å²) >= 11 is 2.34. The van der Waals surface area contributed by atoms with Gasteiger partial charge in [0.2, 0.25) is 0 Å². The molecule has 0 atom stereocenters. The number of fused-ring (bicyclic) bond motifs is 1. The molecule has 0 saturated heterocycles. The van der Waals surface area contributed by atoms with Crippen molar-refractivity contribution in [3.63, 3.8) is 0 Å². The molecule has 10 heteroatoms. The molecule has 1 aliphatic heterocycles. The molecule has 0 aliphatic carbocycles. The molecule has 0 N–H and O–H groups in total. The van der Waals surface area contributed by atoms with E-state index in [-0.39, 0.29) is 18.8 Å². The fourth-order valence-corrected chi connectivity index (χ4v) is 4.59. The third-order valence-electron chi connectivity index (χ3n) is 3.29. The van der Waals surface area contributed by atoms with Crippen molar-refractivity contribution in [2.75, 3.05) is 27.4 Å². The first-order chi connectivity index (χ1) is 12.9. The molecule has 0 amide bonds. The number of hydrogen-bond donors (Lipinski definition) is 0. The molecule has 0 unspecified atom stereocenters. The summed E-state index contributed by atoms with van der Waals surface area (Å²) in [5, 5.41) is 18.3. The van der Waals surface area contributed by atoms with E-state index >= 15 is 0 Å². The van der Waals surface area contributed by atoms with Crippen LogP contribution in [0.1, 0.15) is 5.56 Å². The second-order valence-electron chi connectivity index (χ2n) is 5.00. The summed E-state index contributed by atoms with van der Waals surface area (Å²) < 4.78 is 20.7. The molecule has 0 saturated carbocycles. The second-order valence-corrected chi connectivity index (χ2v) is 7.30. The van der Waals surface area contributed by atoms with Gasteiger partial charge in [-0.15, -0.1) is 0 Å². The standard InChI is InChI=1S/C17H14N2O6S2/c1-9-4-11(24-7-12(20)22-2)15-16(14(9)25-8-13(21)23-3)27-17(26-15)10(5-18)6-19/h4H,7-8H2,1-3H3. The summed E-state index contributed by atoms with van der Waals surface area (Å²) in [6, 6.07) is 5.35. The van der Waals surface area contributed by atoms with E-state index in [1.165, 1.54) is 37.7 Å². The summed E-state index contributed by atoms with van der Waals surface area (Å²) in [5.74, 6) is -0.284. The first-order valence-electron chi connectivity index (χ1n) is 7.42. The van der Waals surface area contributed by atoms with E-state index < -0.39 is 11.9 Å². The Morgan fingerprint density at radius 1 is 1.00 bits per heavy atom. The molecule has 1 aromatic carbocycles. The van der Waals surface area contributed by atoms with Gasteiger partial charge in [-0.25, -0.2) is 9.59 Å². The molecule has 0 bridgehead atoms. The fourth-order valence-electron chi connectivity index (χ4n) is 2.01. The van der Waals surface area contributed by atoms with Gasteiger partial charge in [-0.2, -0.15) is 10.5 Å². The van der Waals surface area contributed by atoms with Crippen molar-refractivity contribution in [2.45, 2.75) is 16.7 Å². The minimum atomic E-state index is -0.548. The average molecular weight is 406 g/mol. The van der Waals surface area contributed by atoms with E-state index in [4.69, 9.17) is 20.0 Å². The van der Waals surface area contributed by atoms with Gasteiger partial charge in [0.05, 0.1) is 28.2 Å². The van der Waals surface area contributed by atoms with Crippen molar-refractivity contribution in [1.29, 1.82) is 10.5 Å². The number of carbonyl (C=O) groups is 2. The van der Waals surface area contributed by atoms with E-state index in [2.05, 4.69) is 9.47 Å². The number of benzene rings is 1. The number of hydrogen-bond acceptors (Lipinski definition) is 10. The van der Waals surface area contributed by atoms with Crippen molar-refractivity contribution in [3.05, 3.63) is 21.4 Å². The number of nitrogens with zero attached hydrogens (tertiary/aromatic N) is 2. The smallest absolute Gasteiger partial charge is 0.343 e. The normalized spacial score (nSPS) is 11.7. The zero-order valence-corrected chi connectivity index (χ0v) is 16.3. The predicted molar refractivity (Wildman–Crippen MR) is 96.2 cm³/mol. The van der Waals surface area contributed by atoms with Gasteiger partial charge in [-0.05, 0) is 18.6 Å². The summed E-state index contributed by atoms with van der Waals surface area (Å²) in [6.07, 6.45) is 0. The molecule has 1 aliphatic rings. The molecule has 0 radical (unpaired) electrons. The first kappa shape index (κ1) is 20.5. The van der Waals surface area contributed by atoms with Crippen LogP contribution < -0.4 is 9.47 Å². The number of nitriles is 2. The number of thioether (sulfide) groups is 2. The number of rotatable bonds is 6. The van der Waals surface area contributed by atoms with Crippen LogP contribution in [0.2, 0.25) is 0 Å². The van der Waals surface area contributed by atoms with Crippen LogP contribution >= 0.6 is 23.5 Å². The van der Waals surface area contributed by atoms with Crippen LogP contribution in [0.15, 0.2) is 25.7 Å². The highest BCUT2D eigenvalue weighted by Crippen LogP contribution is 2.59. The summed E-state index contributed by atoms with van der Waals surface area (Å²) in [5.41, 5.74) is 0.610. The molecule has 2 rings (SSSR count). The van der Waals surface area contributed by atoms with Crippen LogP contribution in [0.25, 0.3) is 0 Å². The van der Waals surface area contributed by atoms with Gasteiger partial charge < -0.3 is 18.9 Å². The number of aryl methyl sites for hydroxylation is 1. The van der Waals surface area contributed by atoms with Crippen LogP contribution in [0.3, 0.4) is 0 Å². The van der Waals surface area contributed by atoms with Gasteiger partial charge in [0.1, 0.15) is 29.2 Å². The SMILES string of the molecule is COC(=O)COc1cc(C)c(OCC(=O)OC)c2c1SC(=C(C#N)C#N)S2. The van der Waals surface area contributed by atoms with Gasteiger partial charge in [-0.3, -0.25) is 0 Å². The van der Waals surface area contributed by atoms with Crippen LogP contribution in [-0.2, 0) is 19.1 Å². The Morgan fingerprint density at radius 3 is 2.11 bits per heavy atom. The molecule has 27 heavy (non-hydrogen) atoms. The van der Waals surface area contributed by atoms with E-state index in [0.717, 1.165) is 0 Å². The minimum Gasteiger partial charge on any atom is -0.481 e. The van der Waals surface area contributed by atoms with Crippen LogP contribution in [0.5, 0.6) is 11.5 Å². The van der Waals surface area contributed by atoms with Crippen LogP contribution in [-0.4, -0.2) is 39.4 Å². The maximum absolute atomic E-state index is 11.4. The van der Waals surface area contributed by atoms with Crippen molar-refractivity contribution in [2.24, 2.45) is 0 Å². The van der Waals surface area contributed by atoms with Crippen LogP contribution in [0, 0.1) is 29.6 Å². The second kappa shape index (κ2) is 9.21. The Hall–Kier alpha value is -2.82. The quantitative estimate of drug-likeness (QED) is 0.515. The number of carbonyl (C=O) groups excluding carboxylic acids is 2. The van der Waals surface area contributed by atoms with Crippen molar-refractivity contribution in [1.82, 2.24) is 0 Å². The Labute approximate surface area is 164 Å². The Kier molecular flexibility index (Phi) is 6.99. The van der Waals surface area contributed by atoms with E-state index in [1.807, 2.05) is 12.1 Å². The predicted octanol–water partition coefficient (Wildman–Crippen LogP) is 2.56. The highest BCUT2D eigenvalue weighted by atomic mass is 32.2. The largest absolute Gasteiger partial charge is 0.481 e. The Morgan fingerprint density at radius 2 is 1.56 bits per heavy atom. The molecule has 140 valence electrons. The lowest BCUT2D eigenvalue weighted by atomic mass is 10.2. The summed E-state index contributed by atoms with van der Waals surface area (Å²) in [4.78, 5) is 24.0. The average Bonchev–Trinajstić information content (AvgIpc) is 3.10. The molecule has 0 aromatic heterocycles. The molecule has 1 aromatic rings. The van der Waals surface area contributed by atoms with E-state index in [9.17, 15) is 9.59 Å². The number of esters is 2. The molecule has 8 nitrogen and oxygen atoms in total. The third kappa shape index (κ3) is 4.67. The maximum Gasteiger partial charge on any atom is 0.343 e. The Balaban J connectivity index is 2.46. The summed E-state index contributed by atoms with van der Waals surface area (Å²) in [7, 11) is 2.51. The van der Waals surface area contributed by atoms with Crippen molar-refractivity contribution >= 4 is 35.5 Å². The van der Waals surface area contributed by atoms with Gasteiger partial charge >= 0.3 is 11.9 Å². The fraction of sp³-hybridized carbons (Fsp3) is 0.294. The van der Waals surface area contributed by atoms with Crippen LogP contribution in [0.4, 0.5) is 0 Å². The van der Waals surface area contributed by atoms with E-state index in [0.29, 0.717) is 31.1 Å². The lowest BCUT2D eigenvalue weighted by Gasteiger charge is -2.15. The lowest BCUT2D eigenvalue weighted by Crippen LogP contribution is -2.14. The van der Waals surface area contributed by atoms with Gasteiger partial charge in [-0.1, -0.05) is 23.5 Å². The topological polar surface area (TPSA) is 119 Å². The molecular weight excluding hydrogens is 392 g/mol. The minimum absolute atomic E-state index is 0.0447. The van der Waals surface area contributed by atoms with Gasteiger partial charge in [0, 0.05) is 0 Å². The zero-order chi connectivity index (χ0) is 20.0. The number of methoxy groups -OCH3 is 2. The highest BCUT2D eigenvalue weighted by Gasteiger charge is 2.30. The monoisotopic (exact) mass is 406 g/mol. The number of allylic oxidation sites excluding steroid dienone is 1. The molecule has 0 fully saturated rings. The Bertz CT molecular complexity index is 882. The summed E-state index contributed by atoms with van der Waals surface area (Å²) in [6.45, 7) is 1.17. The van der Waals surface area contributed by atoms with E-state index in [1.54, 1.807) is 13.0 Å². The van der Waals surface area contributed by atoms with Gasteiger partial charge in [0.25, 0.3) is 0 Å². The number of ether oxygens (including phenoxy) is 4. The lowest BCUT2D eigenvalue weighted by molar-refractivity contribution is -0.143. The maximum atomic E-state index is 11.4. The molecule has 1 heterocycles. The van der Waals surface area contributed by atoms with Gasteiger partial charge in [0.15, 0.2) is 13.2 Å². The zero-order valence-electron chi connectivity index (χ0n) is 14.7. The van der Waals surface area contributed by atoms with Crippen molar-refractivity contribution < 1.29 is 28.5 Å². The van der Waals surface area contributed by atoms with Crippen molar-refractivity contribution in [3.8, 4) is 23.6 Å². The third-order valence-corrected chi connectivity index (χ3v) is 5.91. The molecular formula is C17H14N2O6S2. The highest BCUT2D eigenvalue weighted by molar-refractivity contribution is 8.24. The first-order valence-corrected chi connectivity index (χ1v) is 9.05.